The predicted molar refractivity (Wildman–Crippen MR) is 81.3 cm³/mol. The molecule has 1 aromatic carbocycles. The van der Waals surface area contributed by atoms with Gasteiger partial charge in [0.1, 0.15) is 16.7 Å². The van der Waals surface area contributed by atoms with E-state index in [0.29, 0.717) is 21.0 Å². The molecule has 0 spiro atoms. The van der Waals surface area contributed by atoms with Crippen LogP contribution < -0.4 is 4.74 Å². The van der Waals surface area contributed by atoms with Gasteiger partial charge in [0, 0.05) is 24.6 Å². The van der Waals surface area contributed by atoms with Gasteiger partial charge < -0.3 is 4.74 Å². The van der Waals surface area contributed by atoms with E-state index < -0.39 is 10.8 Å². The van der Waals surface area contributed by atoms with Gasteiger partial charge in [-0.2, -0.15) is 0 Å². The van der Waals surface area contributed by atoms with Gasteiger partial charge in [0.25, 0.3) is 0 Å². The summed E-state index contributed by atoms with van der Waals surface area (Å²) in [7, 11) is -1.07. The van der Waals surface area contributed by atoms with E-state index in [4.69, 9.17) is 16.3 Å². The largest absolute Gasteiger partial charge is 0.457 e. The minimum absolute atomic E-state index is 0.380. The summed E-state index contributed by atoms with van der Waals surface area (Å²) in [5.74, 6) is 1.30. The maximum absolute atomic E-state index is 11.4. The van der Waals surface area contributed by atoms with Gasteiger partial charge >= 0.3 is 0 Å². The highest BCUT2D eigenvalue weighted by molar-refractivity contribution is 7.86. The lowest BCUT2D eigenvalue weighted by molar-refractivity contribution is 0.483. The molecule has 0 bridgehead atoms. The summed E-state index contributed by atoms with van der Waals surface area (Å²) in [4.78, 5) is 8.20. The fourth-order valence-electron chi connectivity index (χ4n) is 1.65. The van der Waals surface area contributed by atoms with Crippen molar-refractivity contribution in [3.8, 4) is 11.5 Å². The molecule has 0 fully saturated rings. The maximum atomic E-state index is 11.4. The van der Waals surface area contributed by atoms with Crippen LogP contribution in [0.1, 0.15) is 0 Å². The molecule has 1 unspecified atom stereocenters. The van der Waals surface area contributed by atoms with Crippen molar-refractivity contribution in [2.75, 3.05) is 6.26 Å². The van der Waals surface area contributed by atoms with Gasteiger partial charge in [0.2, 0.25) is 0 Å². The monoisotopic (exact) mass is 324 g/mol. The first kappa shape index (κ1) is 13.5. The van der Waals surface area contributed by atoms with E-state index >= 15 is 0 Å². The van der Waals surface area contributed by atoms with E-state index in [0.717, 1.165) is 10.2 Å². The summed E-state index contributed by atoms with van der Waals surface area (Å²) in [6.45, 7) is 0. The summed E-state index contributed by atoms with van der Waals surface area (Å²) < 4.78 is 18.7. The van der Waals surface area contributed by atoms with Gasteiger partial charge in [-0.3, -0.25) is 4.21 Å². The zero-order chi connectivity index (χ0) is 14.1. The molecule has 102 valence electrons. The van der Waals surface area contributed by atoms with Crippen LogP contribution in [0.2, 0.25) is 5.15 Å². The lowest BCUT2D eigenvalue weighted by Crippen LogP contribution is -1.85. The number of fused-ring (bicyclic) bond motifs is 1. The number of hydrogen-bond acceptors (Lipinski definition) is 5. The molecule has 3 aromatic rings. The number of hydrogen-bond donors (Lipinski definition) is 0. The topological polar surface area (TPSA) is 52.1 Å². The third kappa shape index (κ3) is 2.82. The highest BCUT2D eigenvalue weighted by Crippen LogP contribution is 2.30. The minimum atomic E-state index is -1.07. The standard InChI is InChI=1S/C13H9ClN2O2S2/c1-20(17)13-16-10-3-2-8(6-11(10)19-13)18-9-4-5-15-12(14)7-9/h2-7H,1H3. The third-order valence-corrected chi connectivity index (χ3v) is 5.08. The fourth-order valence-corrected chi connectivity index (χ4v) is 3.51. The van der Waals surface area contributed by atoms with Gasteiger partial charge in [-0.1, -0.05) is 11.6 Å². The number of ether oxygens (including phenoxy) is 1. The molecule has 0 saturated carbocycles. The lowest BCUT2D eigenvalue weighted by Gasteiger charge is -2.05. The Morgan fingerprint density at radius 2 is 2.05 bits per heavy atom. The average molecular weight is 325 g/mol. The van der Waals surface area contributed by atoms with Gasteiger partial charge in [0.05, 0.1) is 21.0 Å². The zero-order valence-electron chi connectivity index (χ0n) is 10.4. The number of pyridine rings is 1. The van der Waals surface area contributed by atoms with Crippen LogP contribution in [0.5, 0.6) is 11.5 Å². The highest BCUT2D eigenvalue weighted by Gasteiger charge is 2.08. The van der Waals surface area contributed by atoms with Crippen molar-refractivity contribution in [1.82, 2.24) is 9.97 Å². The van der Waals surface area contributed by atoms with E-state index in [-0.39, 0.29) is 0 Å². The molecule has 1 atom stereocenters. The predicted octanol–water partition coefficient (Wildman–Crippen LogP) is 3.87. The first-order valence-electron chi connectivity index (χ1n) is 5.65. The first-order valence-corrected chi connectivity index (χ1v) is 8.40. The Labute approximate surface area is 126 Å². The lowest BCUT2D eigenvalue weighted by atomic mass is 10.3. The average Bonchev–Trinajstić information content (AvgIpc) is 2.82. The number of rotatable bonds is 3. The molecule has 3 rings (SSSR count). The Bertz CT molecular complexity index is 804. The molecule has 20 heavy (non-hydrogen) atoms. The SMILES string of the molecule is CS(=O)c1nc2ccc(Oc3ccnc(Cl)c3)cc2s1. The van der Waals surface area contributed by atoms with E-state index in [2.05, 4.69) is 9.97 Å². The molecule has 2 aromatic heterocycles. The van der Waals surface area contributed by atoms with Crippen LogP contribution in [0, 0.1) is 0 Å². The number of benzene rings is 1. The van der Waals surface area contributed by atoms with Crippen molar-refractivity contribution in [3.63, 3.8) is 0 Å². The Morgan fingerprint density at radius 1 is 1.25 bits per heavy atom. The van der Waals surface area contributed by atoms with Crippen LogP contribution >= 0.6 is 22.9 Å². The molecule has 7 heteroatoms. The van der Waals surface area contributed by atoms with Crippen molar-refractivity contribution < 1.29 is 8.95 Å². The van der Waals surface area contributed by atoms with Crippen molar-refractivity contribution in [1.29, 1.82) is 0 Å². The number of thiazole rings is 1. The van der Waals surface area contributed by atoms with Gasteiger partial charge in [-0.05, 0) is 18.2 Å². The molecule has 0 aliphatic rings. The van der Waals surface area contributed by atoms with Crippen LogP contribution in [0.4, 0.5) is 0 Å². The molecule has 0 aliphatic heterocycles. The summed E-state index contributed by atoms with van der Waals surface area (Å²) in [5.41, 5.74) is 0.820. The number of aromatic nitrogens is 2. The second-order valence-corrected chi connectivity index (χ2v) is 6.95. The molecule has 4 nitrogen and oxygen atoms in total. The van der Waals surface area contributed by atoms with Crippen LogP contribution in [0.3, 0.4) is 0 Å². The van der Waals surface area contributed by atoms with Crippen molar-refractivity contribution in [2.45, 2.75) is 4.34 Å². The van der Waals surface area contributed by atoms with Crippen LogP contribution in [0.25, 0.3) is 10.2 Å². The zero-order valence-corrected chi connectivity index (χ0v) is 12.8. The maximum Gasteiger partial charge on any atom is 0.181 e. The first-order chi connectivity index (χ1) is 9.61. The fraction of sp³-hybridized carbons (Fsp3) is 0.0769. The molecule has 0 N–H and O–H groups in total. The normalized spacial score (nSPS) is 12.5. The Hall–Kier alpha value is -1.50. The second-order valence-electron chi connectivity index (χ2n) is 3.98. The van der Waals surface area contributed by atoms with Crippen LogP contribution in [-0.4, -0.2) is 20.4 Å². The minimum Gasteiger partial charge on any atom is -0.457 e. The van der Waals surface area contributed by atoms with Gasteiger partial charge in [-0.15, -0.1) is 11.3 Å². The summed E-state index contributed by atoms with van der Waals surface area (Å²) >= 11 is 7.22. The van der Waals surface area contributed by atoms with E-state index in [9.17, 15) is 4.21 Å². The van der Waals surface area contributed by atoms with E-state index in [1.54, 1.807) is 24.6 Å². The third-order valence-electron chi connectivity index (χ3n) is 2.52. The van der Waals surface area contributed by atoms with Crippen LogP contribution in [-0.2, 0) is 10.8 Å². The summed E-state index contributed by atoms with van der Waals surface area (Å²) in [5, 5.41) is 0.380. The van der Waals surface area contributed by atoms with E-state index in [1.165, 1.54) is 11.3 Å². The van der Waals surface area contributed by atoms with Crippen molar-refractivity contribution in [2.24, 2.45) is 0 Å². The molecular weight excluding hydrogens is 316 g/mol. The highest BCUT2D eigenvalue weighted by atomic mass is 35.5. The van der Waals surface area contributed by atoms with Crippen molar-refractivity contribution in [3.05, 3.63) is 41.7 Å². The summed E-state index contributed by atoms with van der Waals surface area (Å²) in [6, 6.07) is 8.91. The van der Waals surface area contributed by atoms with Crippen LogP contribution in [0.15, 0.2) is 40.9 Å². The quantitative estimate of drug-likeness (QED) is 0.686. The Morgan fingerprint density at radius 3 is 2.80 bits per heavy atom. The van der Waals surface area contributed by atoms with E-state index in [1.807, 2.05) is 18.2 Å². The smallest absolute Gasteiger partial charge is 0.181 e. The molecule has 0 aliphatic carbocycles. The number of nitrogens with zero attached hydrogens (tertiary/aromatic N) is 2. The molecule has 0 amide bonds. The molecule has 0 saturated heterocycles. The molecular formula is C13H9ClN2O2S2. The summed E-state index contributed by atoms with van der Waals surface area (Å²) in [6.07, 6.45) is 3.20. The second kappa shape index (κ2) is 5.47. The molecule has 0 radical (unpaired) electrons. The molecule has 2 heterocycles. The Kier molecular flexibility index (Phi) is 3.69. The van der Waals surface area contributed by atoms with Gasteiger partial charge in [0.15, 0.2) is 4.34 Å². The number of halogens is 1. The Balaban J connectivity index is 1.94. The van der Waals surface area contributed by atoms with Gasteiger partial charge in [-0.25, -0.2) is 9.97 Å². The van der Waals surface area contributed by atoms with Crippen molar-refractivity contribution >= 4 is 44.0 Å².